The summed E-state index contributed by atoms with van der Waals surface area (Å²) in [4.78, 5) is 16.2. The minimum atomic E-state index is -0.825. The summed E-state index contributed by atoms with van der Waals surface area (Å²) in [5, 5.41) is 17.6. The van der Waals surface area contributed by atoms with Crippen molar-refractivity contribution in [3.05, 3.63) is 89.7 Å². The van der Waals surface area contributed by atoms with Gasteiger partial charge in [-0.3, -0.25) is 4.79 Å². The van der Waals surface area contributed by atoms with E-state index in [2.05, 4.69) is 22.3 Å². The Morgan fingerprint density at radius 3 is 2.55 bits per heavy atom. The summed E-state index contributed by atoms with van der Waals surface area (Å²) in [7, 11) is 0. The predicted octanol–water partition coefficient (Wildman–Crippen LogP) is 4.45. The molecule has 2 heterocycles. The average Bonchev–Trinajstić information content (AvgIpc) is 3.18. The van der Waals surface area contributed by atoms with Crippen molar-refractivity contribution in [3.8, 4) is 0 Å². The number of aliphatic carboxylic acids is 1. The van der Waals surface area contributed by atoms with Crippen LogP contribution in [0.25, 0.3) is 5.65 Å². The standard InChI is InChI=1S/C23H22N4O2/c1-2-18-15-22-24-13-12-21(27(22)26-18)25-19-10-8-17(9-11-19)20(23(28)29)14-16-6-4-3-5-7-16/h3-13,15,20,25H,2,14H2,1H3,(H,28,29). The molecule has 4 aromatic rings. The summed E-state index contributed by atoms with van der Waals surface area (Å²) < 4.78 is 1.78. The number of aromatic nitrogens is 3. The van der Waals surface area contributed by atoms with Crippen molar-refractivity contribution in [3.63, 3.8) is 0 Å². The molecule has 6 nitrogen and oxygen atoms in total. The van der Waals surface area contributed by atoms with Crippen LogP contribution in [0.2, 0.25) is 0 Å². The normalized spacial score (nSPS) is 12.0. The van der Waals surface area contributed by atoms with E-state index in [-0.39, 0.29) is 0 Å². The van der Waals surface area contributed by atoms with Gasteiger partial charge in [-0.25, -0.2) is 4.98 Å². The van der Waals surface area contributed by atoms with Crippen molar-refractivity contribution in [1.29, 1.82) is 0 Å². The molecule has 0 amide bonds. The van der Waals surface area contributed by atoms with E-state index in [9.17, 15) is 9.90 Å². The Bertz CT molecular complexity index is 1120. The van der Waals surface area contributed by atoms with Gasteiger partial charge in [-0.2, -0.15) is 9.61 Å². The fourth-order valence-corrected chi connectivity index (χ4v) is 3.35. The Hall–Kier alpha value is -3.67. The van der Waals surface area contributed by atoms with Crippen molar-refractivity contribution >= 4 is 23.1 Å². The number of hydrogen-bond acceptors (Lipinski definition) is 4. The van der Waals surface area contributed by atoms with Crippen LogP contribution in [0.4, 0.5) is 11.5 Å². The van der Waals surface area contributed by atoms with Gasteiger partial charge in [0.15, 0.2) is 5.65 Å². The quantitative estimate of drug-likeness (QED) is 0.491. The first-order valence-corrected chi connectivity index (χ1v) is 9.61. The molecule has 2 N–H and O–H groups in total. The second-order valence-electron chi connectivity index (χ2n) is 6.92. The Balaban J connectivity index is 1.56. The zero-order valence-electron chi connectivity index (χ0n) is 16.1. The molecule has 1 unspecified atom stereocenters. The number of carboxylic acid groups (broad SMARTS) is 1. The molecule has 1 atom stereocenters. The minimum absolute atomic E-state index is 0.459. The van der Waals surface area contributed by atoms with E-state index in [0.717, 1.165) is 40.4 Å². The van der Waals surface area contributed by atoms with Crippen LogP contribution >= 0.6 is 0 Å². The highest BCUT2D eigenvalue weighted by atomic mass is 16.4. The maximum Gasteiger partial charge on any atom is 0.311 e. The second-order valence-corrected chi connectivity index (χ2v) is 6.92. The maximum absolute atomic E-state index is 11.8. The number of hydrogen-bond donors (Lipinski definition) is 2. The van der Waals surface area contributed by atoms with Crippen LogP contribution in [0.1, 0.15) is 29.7 Å². The molecule has 6 heteroatoms. The molecule has 2 aromatic heterocycles. The molecular weight excluding hydrogens is 364 g/mol. The first kappa shape index (κ1) is 18.7. The van der Waals surface area contributed by atoms with E-state index in [1.54, 1.807) is 10.7 Å². The van der Waals surface area contributed by atoms with Gasteiger partial charge in [-0.05, 0) is 42.2 Å². The van der Waals surface area contributed by atoms with Crippen molar-refractivity contribution < 1.29 is 9.90 Å². The molecule has 0 fully saturated rings. The third-order valence-corrected chi connectivity index (χ3v) is 4.94. The average molecular weight is 386 g/mol. The van der Waals surface area contributed by atoms with Gasteiger partial charge in [-0.1, -0.05) is 49.4 Å². The third kappa shape index (κ3) is 4.11. The fraction of sp³-hybridized carbons (Fsp3) is 0.174. The van der Waals surface area contributed by atoms with Gasteiger partial charge >= 0.3 is 5.97 Å². The molecule has 29 heavy (non-hydrogen) atoms. The number of nitrogens with one attached hydrogen (secondary N) is 1. The van der Waals surface area contributed by atoms with Gasteiger partial charge in [0.2, 0.25) is 0 Å². The van der Waals surface area contributed by atoms with E-state index < -0.39 is 11.9 Å². The molecule has 0 aliphatic carbocycles. The lowest BCUT2D eigenvalue weighted by molar-refractivity contribution is -0.138. The monoisotopic (exact) mass is 386 g/mol. The molecule has 0 aliphatic heterocycles. The highest BCUT2D eigenvalue weighted by molar-refractivity contribution is 5.77. The van der Waals surface area contributed by atoms with E-state index >= 15 is 0 Å². The van der Waals surface area contributed by atoms with Gasteiger partial charge in [0, 0.05) is 18.0 Å². The summed E-state index contributed by atoms with van der Waals surface area (Å²) in [6.45, 7) is 2.06. The number of carboxylic acids is 1. The van der Waals surface area contributed by atoms with Crippen LogP contribution < -0.4 is 5.32 Å². The van der Waals surface area contributed by atoms with Gasteiger partial charge in [0.1, 0.15) is 5.82 Å². The number of nitrogens with zero attached hydrogens (tertiary/aromatic N) is 3. The number of anilines is 2. The Labute approximate surface area is 168 Å². The predicted molar refractivity (Wildman–Crippen MR) is 113 cm³/mol. The van der Waals surface area contributed by atoms with Gasteiger partial charge in [-0.15, -0.1) is 0 Å². The molecule has 0 aliphatic rings. The lowest BCUT2D eigenvalue weighted by Gasteiger charge is -2.14. The van der Waals surface area contributed by atoms with E-state index in [4.69, 9.17) is 0 Å². The lowest BCUT2D eigenvalue weighted by atomic mass is 9.92. The fourth-order valence-electron chi connectivity index (χ4n) is 3.35. The molecule has 0 radical (unpaired) electrons. The molecule has 4 rings (SSSR count). The molecule has 2 aromatic carbocycles. The summed E-state index contributed by atoms with van der Waals surface area (Å²) in [6.07, 6.45) is 3.05. The van der Waals surface area contributed by atoms with Crippen LogP contribution in [-0.4, -0.2) is 25.7 Å². The molecular formula is C23H22N4O2. The molecule has 146 valence electrons. The highest BCUT2D eigenvalue weighted by Gasteiger charge is 2.20. The zero-order valence-corrected chi connectivity index (χ0v) is 16.1. The van der Waals surface area contributed by atoms with E-state index in [1.165, 1.54) is 0 Å². The third-order valence-electron chi connectivity index (χ3n) is 4.94. The second kappa shape index (κ2) is 8.14. The van der Waals surface area contributed by atoms with Gasteiger partial charge in [0.25, 0.3) is 0 Å². The van der Waals surface area contributed by atoms with Gasteiger partial charge in [0.05, 0.1) is 11.6 Å². The van der Waals surface area contributed by atoms with Gasteiger partial charge < -0.3 is 10.4 Å². The lowest BCUT2D eigenvalue weighted by Crippen LogP contribution is -2.14. The van der Waals surface area contributed by atoms with Crippen molar-refractivity contribution in [2.24, 2.45) is 0 Å². The topological polar surface area (TPSA) is 79.5 Å². The first-order valence-electron chi connectivity index (χ1n) is 9.61. The largest absolute Gasteiger partial charge is 0.481 e. The van der Waals surface area contributed by atoms with Crippen molar-refractivity contribution in [1.82, 2.24) is 14.6 Å². The first-order chi connectivity index (χ1) is 14.1. The highest BCUT2D eigenvalue weighted by Crippen LogP contribution is 2.25. The molecule has 0 saturated heterocycles. The zero-order chi connectivity index (χ0) is 20.2. The van der Waals surface area contributed by atoms with Crippen LogP contribution in [-0.2, 0) is 17.6 Å². The smallest absolute Gasteiger partial charge is 0.311 e. The number of fused-ring (bicyclic) bond motifs is 1. The summed E-state index contributed by atoms with van der Waals surface area (Å²) >= 11 is 0. The SMILES string of the molecule is CCc1cc2nccc(Nc3ccc(C(Cc4ccccc4)C(=O)O)cc3)n2n1. The summed E-state index contributed by atoms with van der Waals surface area (Å²) in [5.74, 6) is -0.604. The van der Waals surface area contributed by atoms with Crippen LogP contribution in [0.15, 0.2) is 72.9 Å². The van der Waals surface area contributed by atoms with Crippen LogP contribution in [0, 0.1) is 0 Å². The van der Waals surface area contributed by atoms with Crippen LogP contribution in [0.3, 0.4) is 0 Å². The molecule has 0 bridgehead atoms. The number of carbonyl (C=O) groups is 1. The van der Waals surface area contributed by atoms with E-state index in [0.29, 0.717) is 6.42 Å². The number of aryl methyl sites for hydroxylation is 1. The summed E-state index contributed by atoms with van der Waals surface area (Å²) in [6, 6.07) is 21.0. The minimum Gasteiger partial charge on any atom is -0.481 e. The van der Waals surface area contributed by atoms with Crippen molar-refractivity contribution in [2.75, 3.05) is 5.32 Å². The Morgan fingerprint density at radius 2 is 1.86 bits per heavy atom. The number of benzene rings is 2. The van der Waals surface area contributed by atoms with Crippen molar-refractivity contribution in [2.45, 2.75) is 25.7 Å². The number of rotatable bonds is 7. The Morgan fingerprint density at radius 1 is 1.10 bits per heavy atom. The molecule has 0 spiro atoms. The maximum atomic E-state index is 11.8. The summed E-state index contributed by atoms with van der Waals surface area (Å²) in [5.41, 5.74) is 4.41. The molecule has 0 saturated carbocycles. The van der Waals surface area contributed by atoms with E-state index in [1.807, 2.05) is 66.7 Å². The van der Waals surface area contributed by atoms with Crippen LogP contribution in [0.5, 0.6) is 0 Å². The Kier molecular flexibility index (Phi) is 5.24.